The van der Waals surface area contributed by atoms with E-state index < -0.39 is 0 Å². The van der Waals surface area contributed by atoms with Gasteiger partial charge in [-0.05, 0) is 18.1 Å². The van der Waals surface area contributed by atoms with Gasteiger partial charge in [0.25, 0.3) is 0 Å². The first-order valence-electron chi connectivity index (χ1n) is 3.60. The van der Waals surface area contributed by atoms with E-state index in [1.165, 1.54) is 5.56 Å². The third-order valence-corrected chi connectivity index (χ3v) is 2.44. The predicted octanol–water partition coefficient (Wildman–Crippen LogP) is 1.75. The largest absolute Gasteiger partial charge is 0.275 e. The maximum absolute atomic E-state index is 4.29. The fourth-order valence-corrected chi connectivity index (χ4v) is 1.83. The SMILES string of the molecule is Cn1cc2c(n1)C=CC(Br)C2. The van der Waals surface area contributed by atoms with Crippen LogP contribution >= 0.6 is 15.9 Å². The van der Waals surface area contributed by atoms with Gasteiger partial charge in [-0.1, -0.05) is 22.0 Å². The highest BCUT2D eigenvalue weighted by Crippen LogP contribution is 2.21. The van der Waals surface area contributed by atoms with Gasteiger partial charge in [-0.25, -0.2) is 0 Å². The third-order valence-electron chi connectivity index (χ3n) is 1.81. The highest BCUT2D eigenvalue weighted by molar-refractivity contribution is 9.09. The molecular weight excluding hydrogens is 204 g/mol. The second kappa shape index (κ2) is 2.48. The Kier molecular flexibility index (Phi) is 1.60. The monoisotopic (exact) mass is 212 g/mol. The highest BCUT2D eigenvalue weighted by atomic mass is 79.9. The van der Waals surface area contributed by atoms with Crippen molar-refractivity contribution in [2.45, 2.75) is 11.2 Å². The molecule has 1 heterocycles. The molecule has 0 fully saturated rings. The molecule has 1 aromatic heterocycles. The van der Waals surface area contributed by atoms with Gasteiger partial charge in [-0.15, -0.1) is 0 Å². The Labute approximate surface area is 74.0 Å². The summed E-state index contributed by atoms with van der Waals surface area (Å²) in [6.07, 6.45) is 7.33. The number of aromatic nitrogens is 2. The average Bonchev–Trinajstić information content (AvgIpc) is 2.27. The number of alkyl halides is 1. The maximum atomic E-state index is 4.29. The molecule has 0 aliphatic heterocycles. The molecule has 11 heavy (non-hydrogen) atoms. The number of rotatable bonds is 0. The van der Waals surface area contributed by atoms with Gasteiger partial charge in [-0.2, -0.15) is 5.10 Å². The Hall–Kier alpha value is -0.570. The molecule has 0 spiro atoms. The molecule has 0 bridgehead atoms. The Balaban J connectivity index is 2.44. The maximum Gasteiger partial charge on any atom is 0.0880 e. The summed E-state index contributed by atoms with van der Waals surface area (Å²) in [5.74, 6) is 0. The van der Waals surface area contributed by atoms with E-state index >= 15 is 0 Å². The summed E-state index contributed by atoms with van der Waals surface area (Å²) in [4.78, 5) is 0.485. The lowest BCUT2D eigenvalue weighted by molar-refractivity contribution is 0.764. The zero-order valence-electron chi connectivity index (χ0n) is 6.29. The second-order valence-electron chi connectivity index (χ2n) is 2.79. The van der Waals surface area contributed by atoms with Crippen LogP contribution < -0.4 is 0 Å². The first-order valence-corrected chi connectivity index (χ1v) is 4.52. The van der Waals surface area contributed by atoms with Crippen molar-refractivity contribution in [3.05, 3.63) is 23.5 Å². The normalized spacial score (nSPS) is 21.8. The molecular formula is C8H9BrN2. The van der Waals surface area contributed by atoms with Crippen molar-refractivity contribution < 1.29 is 0 Å². The van der Waals surface area contributed by atoms with Gasteiger partial charge in [-0.3, -0.25) is 4.68 Å². The van der Waals surface area contributed by atoms with Crippen molar-refractivity contribution in [1.29, 1.82) is 0 Å². The molecule has 0 N–H and O–H groups in total. The molecule has 0 amide bonds. The quantitative estimate of drug-likeness (QED) is 0.600. The second-order valence-corrected chi connectivity index (χ2v) is 3.97. The number of allylic oxidation sites excluding steroid dienone is 1. The molecule has 1 aromatic rings. The van der Waals surface area contributed by atoms with Crippen LogP contribution in [-0.4, -0.2) is 14.6 Å². The van der Waals surface area contributed by atoms with E-state index in [2.05, 4.69) is 39.4 Å². The minimum Gasteiger partial charge on any atom is -0.275 e. The van der Waals surface area contributed by atoms with Gasteiger partial charge >= 0.3 is 0 Å². The molecule has 2 rings (SSSR count). The van der Waals surface area contributed by atoms with E-state index in [4.69, 9.17) is 0 Å². The van der Waals surface area contributed by atoms with Gasteiger partial charge in [0.05, 0.1) is 5.69 Å². The molecule has 1 aliphatic carbocycles. The first-order chi connectivity index (χ1) is 5.25. The van der Waals surface area contributed by atoms with E-state index in [-0.39, 0.29) is 0 Å². The molecule has 2 nitrogen and oxygen atoms in total. The summed E-state index contributed by atoms with van der Waals surface area (Å²) in [6.45, 7) is 0. The molecule has 1 unspecified atom stereocenters. The predicted molar refractivity (Wildman–Crippen MR) is 48.7 cm³/mol. The van der Waals surface area contributed by atoms with Crippen LogP contribution in [0.4, 0.5) is 0 Å². The minimum atomic E-state index is 0.485. The summed E-state index contributed by atoms with van der Waals surface area (Å²) in [5.41, 5.74) is 2.44. The lowest BCUT2D eigenvalue weighted by Crippen LogP contribution is -2.03. The Bertz CT molecular complexity index is 301. The summed E-state index contributed by atoms with van der Waals surface area (Å²) < 4.78 is 1.86. The van der Waals surface area contributed by atoms with Crippen molar-refractivity contribution >= 4 is 22.0 Å². The third kappa shape index (κ3) is 1.25. The van der Waals surface area contributed by atoms with E-state index in [1.807, 2.05) is 11.7 Å². The van der Waals surface area contributed by atoms with Crippen molar-refractivity contribution in [2.24, 2.45) is 7.05 Å². The van der Waals surface area contributed by atoms with Crippen LogP contribution in [0.3, 0.4) is 0 Å². The van der Waals surface area contributed by atoms with Crippen LogP contribution in [-0.2, 0) is 13.5 Å². The van der Waals surface area contributed by atoms with Crippen molar-refractivity contribution in [1.82, 2.24) is 9.78 Å². The van der Waals surface area contributed by atoms with Crippen LogP contribution in [0.15, 0.2) is 12.3 Å². The number of aryl methyl sites for hydroxylation is 1. The summed E-state index contributed by atoms with van der Waals surface area (Å²) in [5, 5.41) is 4.29. The van der Waals surface area contributed by atoms with Gasteiger partial charge in [0, 0.05) is 18.1 Å². The number of hydrogen-bond acceptors (Lipinski definition) is 1. The molecule has 1 atom stereocenters. The Morgan fingerprint density at radius 2 is 2.55 bits per heavy atom. The molecule has 3 heteroatoms. The molecule has 0 aromatic carbocycles. The summed E-state index contributed by atoms with van der Waals surface area (Å²) >= 11 is 3.54. The van der Waals surface area contributed by atoms with Crippen LogP contribution in [0.2, 0.25) is 0 Å². The topological polar surface area (TPSA) is 17.8 Å². The van der Waals surface area contributed by atoms with E-state index in [9.17, 15) is 0 Å². The first kappa shape index (κ1) is 7.10. The van der Waals surface area contributed by atoms with Crippen LogP contribution in [0.5, 0.6) is 0 Å². The van der Waals surface area contributed by atoms with E-state index in [1.54, 1.807) is 0 Å². The number of halogens is 1. The van der Waals surface area contributed by atoms with Crippen LogP contribution in [0.25, 0.3) is 6.08 Å². The molecule has 0 radical (unpaired) electrons. The lowest BCUT2D eigenvalue weighted by atomic mass is 10.1. The zero-order valence-corrected chi connectivity index (χ0v) is 7.87. The smallest absolute Gasteiger partial charge is 0.0880 e. The lowest BCUT2D eigenvalue weighted by Gasteiger charge is -2.07. The Morgan fingerprint density at radius 3 is 3.36 bits per heavy atom. The molecule has 0 saturated carbocycles. The molecule has 1 aliphatic rings. The standard InChI is InChI=1S/C8H9BrN2/c1-11-5-6-4-7(9)2-3-8(6)10-11/h2-3,5,7H,4H2,1H3. The van der Waals surface area contributed by atoms with Crippen molar-refractivity contribution in [3.63, 3.8) is 0 Å². The van der Waals surface area contributed by atoms with Crippen molar-refractivity contribution in [3.8, 4) is 0 Å². The summed E-state index contributed by atoms with van der Waals surface area (Å²) in [7, 11) is 1.95. The van der Waals surface area contributed by atoms with Crippen molar-refractivity contribution in [2.75, 3.05) is 0 Å². The highest BCUT2D eigenvalue weighted by Gasteiger charge is 2.13. The Morgan fingerprint density at radius 1 is 1.73 bits per heavy atom. The van der Waals surface area contributed by atoms with E-state index in [0.29, 0.717) is 4.83 Å². The number of hydrogen-bond donors (Lipinski definition) is 0. The van der Waals surface area contributed by atoms with Crippen LogP contribution in [0, 0.1) is 0 Å². The number of fused-ring (bicyclic) bond motifs is 1. The minimum absolute atomic E-state index is 0.485. The average molecular weight is 213 g/mol. The van der Waals surface area contributed by atoms with Gasteiger partial charge in [0.2, 0.25) is 0 Å². The fourth-order valence-electron chi connectivity index (χ4n) is 1.33. The zero-order chi connectivity index (χ0) is 7.84. The molecule has 0 saturated heterocycles. The van der Waals surface area contributed by atoms with Crippen LogP contribution in [0.1, 0.15) is 11.3 Å². The molecule has 58 valence electrons. The van der Waals surface area contributed by atoms with Gasteiger partial charge < -0.3 is 0 Å². The summed E-state index contributed by atoms with van der Waals surface area (Å²) in [6, 6.07) is 0. The number of nitrogens with zero attached hydrogens (tertiary/aromatic N) is 2. The van der Waals surface area contributed by atoms with Gasteiger partial charge in [0.15, 0.2) is 0 Å². The fraction of sp³-hybridized carbons (Fsp3) is 0.375. The van der Waals surface area contributed by atoms with Gasteiger partial charge in [0.1, 0.15) is 0 Å². The van der Waals surface area contributed by atoms with E-state index in [0.717, 1.165) is 12.1 Å².